The fraction of sp³-hybridized carbons (Fsp3) is 0.818. The standard InChI is InChI=1S/C11H17NO4S/c13-10(9-3-1-2-6-17-9)12-4-5-16-8(7-12)11(14)15/h8-9H,1-7H2,(H,14,15). The SMILES string of the molecule is O=C(O)C1CN(C(=O)C2CCCCS2)CCO1. The Morgan fingerprint density at radius 3 is 2.82 bits per heavy atom. The lowest BCUT2D eigenvalue weighted by Crippen LogP contribution is -2.51. The number of nitrogens with zero attached hydrogens (tertiary/aromatic N) is 1. The number of carboxylic acids is 1. The van der Waals surface area contributed by atoms with Crippen LogP contribution in [0.15, 0.2) is 0 Å². The molecule has 0 aromatic rings. The Hall–Kier alpha value is -0.750. The number of hydrogen-bond donors (Lipinski definition) is 1. The number of carbonyl (C=O) groups excluding carboxylic acids is 1. The van der Waals surface area contributed by atoms with Crippen molar-refractivity contribution in [3.8, 4) is 0 Å². The summed E-state index contributed by atoms with van der Waals surface area (Å²) in [5, 5.41) is 8.90. The van der Waals surface area contributed by atoms with Crippen LogP contribution in [0.5, 0.6) is 0 Å². The molecule has 0 spiro atoms. The third-order valence-corrected chi connectivity index (χ3v) is 4.47. The molecule has 2 rings (SSSR count). The first kappa shape index (κ1) is 12.7. The van der Waals surface area contributed by atoms with Crippen molar-refractivity contribution >= 4 is 23.6 Å². The topological polar surface area (TPSA) is 66.8 Å². The van der Waals surface area contributed by atoms with E-state index >= 15 is 0 Å². The summed E-state index contributed by atoms with van der Waals surface area (Å²) in [5.41, 5.74) is 0. The molecule has 0 saturated carbocycles. The maximum Gasteiger partial charge on any atom is 0.334 e. The van der Waals surface area contributed by atoms with Gasteiger partial charge in [0.2, 0.25) is 5.91 Å². The second-order valence-electron chi connectivity index (χ2n) is 4.34. The Morgan fingerprint density at radius 2 is 2.18 bits per heavy atom. The molecule has 6 heteroatoms. The maximum absolute atomic E-state index is 12.2. The number of aliphatic carboxylic acids is 1. The first-order valence-electron chi connectivity index (χ1n) is 5.93. The Balaban J connectivity index is 1.91. The normalized spacial score (nSPS) is 30.0. The van der Waals surface area contributed by atoms with Crippen LogP contribution in [0.4, 0.5) is 0 Å². The largest absolute Gasteiger partial charge is 0.479 e. The predicted molar refractivity (Wildman–Crippen MR) is 64.1 cm³/mol. The van der Waals surface area contributed by atoms with Crippen LogP contribution in [0.25, 0.3) is 0 Å². The first-order chi connectivity index (χ1) is 8.18. The van der Waals surface area contributed by atoms with Gasteiger partial charge in [0.25, 0.3) is 0 Å². The summed E-state index contributed by atoms with van der Waals surface area (Å²) in [6.45, 7) is 1.02. The van der Waals surface area contributed by atoms with E-state index in [4.69, 9.17) is 9.84 Å². The van der Waals surface area contributed by atoms with Gasteiger partial charge in [0.05, 0.1) is 18.4 Å². The van der Waals surface area contributed by atoms with Crippen LogP contribution in [0, 0.1) is 0 Å². The highest BCUT2D eigenvalue weighted by Gasteiger charge is 2.33. The van der Waals surface area contributed by atoms with Crippen molar-refractivity contribution in [2.24, 2.45) is 0 Å². The van der Waals surface area contributed by atoms with E-state index in [1.165, 1.54) is 6.42 Å². The molecule has 0 radical (unpaired) electrons. The zero-order valence-corrected chi connectivity index (χ0v) is 10.4. The number of morpholine rings is 1. The van der Waals surface area contributed by atoms with Crippen LogP contribution in [0.1, 0.15) is 19.3 Å². The monoisotopic (exact) mass is 259 g/mol. The van der Waals surface area contributed by atoms with Gasteiger partial charge in [-0.2, -0.15) is 0 Å². The average Bonchev–Trinajstić information content (AvgIpc) is 2.39. The highest BCUT2D eigenvalue weighted by molar-refractivity contribution is 8.00. The zero-order valence-electron chi connectivity index (χ0n) is 9.63. The fourth-order valence-corrected chi connectivity index (χ4v) is 3.42. The van der Waals surface area contributed by atoms with Crippen molar-refractivity contribution < 1.29 is 19.4 Å². The summed E-state index contributed by atoms with van der Waals surface area (Å²) in [5.74, 6) is 0.131. The lowest BCUT2D eigenvalue weighted by Gasteiger charge is -2.34. The molecule has 2 atom stereocenters. The molecule has 17 heavy (non-hydrogen) atoms. The van der Waals surface area contributed by atoms with Crippen molar-refractivity contribution in [2.75, 3.05) is 25.4 Å². The number of thioether (sulfide) groups is 1. The van der Waals surface area contributed by atoms with E-state index in [0.29, 0.717) is 13.2 Å². The van der Waals surface area contributed by atoms with Crippen LogP contribution in [-0.4, -0.2) is 58.7 Å². The van der Waals surface area contributed by atoms with Crippen LogP contribution in [0.3, 0.4) is 0 Å². The van der Waals surface area contributed by atoms with Crippen molar-refractivity contribution in [3.05, 3.63) is 0 Å². The molecule has 2 unspecified atom stereocenters. The summed E-state index contributed by atoms with van der Waals surface area (Å²) in [6.07, 6.45) is 2.32. The van der Waals surface area contributed by atoms with E-state index in [9.17, 15) is 9.59 Å². The van der Waals surface area contributed by atoms with Crippen LogP contribution < -0.4 is 0 Å². The molecule has 5 nitrogen and oxygen atoms in total. The summed E-state index contributed by atoms with van der Waals surface area (Å²) >= 11 is 1.70. The predicted octanol–water partition coefficient (Wildman–Crippen LogP) is 0.584. The minimum absolute atomic E-state index is 0.0243. The molecule has 2 aliphatic heterocycles. The van der Waals surface area contributed by atoms with Gasteiger partial charge in [-0.3, -0.25) is 4.79 Å². The maximum atomic E-state index is 12.2. The highest BCUT2D eigenvalue weighted by Crippen LogP contribution is 2.27. The molecule has 2 fully saturated rings. The van der Waals surface area contributed by atoms with Crippen molar-refractivity contribution in [3.63, 3.8) is 0 Å². The van der Waals surface area contributed by atoms with Gasteiger partial charge in [-0.05, 0) is 18.6 Å². The number of carboxylic acid groups (broad SMARTS) is 1. The summed E-state index contributed by atoms with van der Waals surface area (Å²) in [6, 6.07) is 0. The number of carbonyl (C=O) groups is 2. The Bertz CT molecular complexity index is 304. The molecular formula is C11H17NO4S. The van der Waals surface area contributed by atoms with Crippen molar-refractivity contribution in [2.45, 2.75) is 30.6 Å². The van der Waals surface area contributed by atoms with Gasteiger partial charge in [-0.1, -0.05) is 6.42 Å². The van der Waals surface area contributed by atoms with Gasteiger partial charge >= 0.3 is 5.97 Å². The first-order valence-corrected chi connectivity index (χ1v) is 6.98. The van der Waals surface area contributed by atoms with Gasteiger partial charge in [0.15, 0.2) is 6.10 Å². The van der Waals surface area contributed by atoms with E-state index in [0.717, 1.165) is 18.6 Å². The van der Waals surface area contributed by atoms with E-state index < -0.39 is 12.1 Å². The molecule has 0 aliphatic carbocycles. The number of amides is 1. The van der Waals surface area contributed by atoms with Gasteiger partial charge in [-0.25, -0.2) is 4.79 Å². The van der Waals surface area contributed by atoms with Crippen LogP contribution in [-0.2, 0) is 14.3 Å². The van der Waals surface area contributed by atoms with E-state index in [2.05, 4.69) is 0 Å². The average molecular weight is 259 g/mol. The lowest BCUT2D eigenvalue weighted by atomic mass is 10.1. The van der Waals surface area contributed by atoms with Gasteiger partial charge < -0.3 is 14.7 Å². The number of rotatable bonds is 2. The molecule has 2 saturated heterocycles. The van der Waals surface area contributed by atoms with Crippen LogP contribution >= 0.6 is 11.8 Å². The smallest absolute Gasteiger partial charge is 0.334 e. The van der Waals surface area contributed by atoms with Crippen molar-refractivity contribution in [1.82, 2.24) is 4.90 Å². The highest BCUT2D eigenvalue weighted by atomic mass is 32.2. The fourth-order valence-electron chi connectivity index (χ4n) is 2.14. The summed E-state index contributed by atoms with van der Waals surface area (Å²) in [7, 11) is 0. The van der Waals surface area contributed by atoms with E-state index in [1.54, 1.807) is 16.7 Å². The summed E-state index contributed by atoms with van der Waals surface area (Å²) in [4.78, 5) is 24.7. The molecule has 1 amide bonds. The van der Waals surface area contributed by atoms with E-state index in [1.807, 2.05) is 0 Å². The molecule has 96 valence electrons. The number of ether oxygens (including phenoxy) is 1. The Labute approximate surface area is 104 Å². The Kier molecular flexibility index (Phi) is 4.28. The second kappa shape index (κ2) is 5.73. The van der Waals surface area contributed by atoms with Crippen molar-refractivity contribution in [1.29, 1.82) is 0 Å². The number of hydrogen-bond acceptors (Lipinski definition) is 4. The Morgan fingerprint density at radius 1 is 1.35 bits per heavy atom. The molecule has 2 aliphatic rings. The van der Waals surface area contributed by atoms with Crippen LogP contribution in [0.2, 0.25) is 0 Å². The summed E-state index contributed by atoms with van der Waals surface area (Å²) < 4.78 is 5.11. The molecule has 0 aromatic carbocycles. The second-order valence-corrected chi connectivity index (χ2v) is 5.65. The minimum atomic E-state index is -0.987. The van der Waals surface area contributed by atoms with Gasteiger partial charge in [0.1, 0.15) is 0 Å². The molecule has 0 aromatic heterocycles. The molecule has 0 bridgehead atoms. The third kappa shape index (κ3) is 3.13. The van der Waals surface area contributed by atoms with E-state index in [-0.39, 0.29) is 17.7 Å². The zero-order chi connectivity index (χ0) is 12.3. The molecular weight excluding hydrogens is 242 g/mol. The minimum Gasteiger partial charge on any atom is -0.479 e. The lowest BCUT2D eigenvalue weighted by molar-refractivity contribution is -0.159. The van der Waals surface area contributed by atoms with Gasteiger partial charge in [0, 0.05) is 6.54 Å². The third-order valence-electron chi connectivity index (χ3n) is 3.11. The quantitative estimate of drug-likeness (QED) is 0.786. The molecule has 2 heterocycles. The molecule has 1 N–H and O–H groups in total. The van der Waals surface area contributed by atoms with Gasteiger partial charge in [-0.15, -0.1) is 11.8 Å².